The van der Waals surface area contributed by atoms with E-state index in [4.69, 9.17) is 11.6 Å². The van der Waals surface area contributed by atoms with Gasteiger partial charge in [-0.2, -0.15) is 0 Å². The standard InChI is InChI=1S/C14H16ClFO/c15-12-5-4-9(16)6-8(12)7-13(17)14-10-2-1-3-11(10)14/h4-6,10-11,13-14,17H,1-3,7H2. The van der Waals surface area contributed by atoms with Gasteiger partial charge in [0.2, 0.25) is 0 Å². The molecule has 0 heterocycles. The zero-order chi connectivity index (χ0) is 12.0. The molecular formula is C14H16ClFO. The van der Waals surface area contributed by atoms with Crippen LogP contribution in [0.25, 0.3) is 0 Å². The van der Waals surface area contributed by atoms with Gasteiger partial charge in [-0.15, -0.1) is 0 Å². The van der Waals surface area contributed by atoms with E-state index in [9.17, 15) is 9.50 Å². The van der Waals surface area contributed by atoms with Crippen molar-refractivity contribution in [2.24, 2.45) is 17.8 Å². The van der Waals surface area contributed by atoms with E-state index in [1.165, 1.54) is 31.4 Å². The average Bonchev–Trinajstić information content (AvgIpc) is 2.78. The lowest BCUT2D eigenvalue weighted by Crippen LogP contribution is -2.16. The van der Waals surface area contributed by atoms with Crippen molar-refractivity contribution in [2.75, 3.05) is 0 Å². The van der Waals surface area contributed by atoms with Gasteiger partial charge in [-0.1, -0.05) is 18.0 Å². The van der Waals surface area contributed by atoms with Crippen molar-refractivity contribution in [1.29, 1.82) is 0 Å². The number of rotatable bonds is 3. The molecule has 3 unspecified atom stereocenters. The smallest absolute Gasteiger partial charge is 0.123 e. The summed E-state index contributed by atoms with van der Waals surface area (Å²) in [5.74, 6) is 1.59. The molecule has 3 heteroatoms. The van der Waals surface area contributed by atoms with E-state index in [2.05, 4.69) is 0 Å². The second kappa shape index (κ2) is 4.25. The first kappa shape index (κ1) is 11.5. The Bertz CT molecular complexity index is 424. The molecule has 0 aliphatic heterocycles. The molecule has 0 aromatic heterocycles. The summed E-state index contributed by atoms with van der Waals surface area (Å²) in [6.07, 6.45) is 3.93. The van der Waals surface area contributed by atoms with Gasteiger partial charge in [0.05, 0.1) is 6.10 Å². The SMILES string of the molecule is OC(Cc1cc(F)ccc1Cl)C1C2CCCC21. The van der Waals surface area contributed by atoms with Crippen LogP contribution in [0.5, 0.6) is 0 Å². The average molecular weight is 255 g/mol. The third-order valence-corrected chi connectivity index (χ3v) is 4.72. The summed E-state index contributed by atoms with van der Waals surface area (Å²) in [5.41, 5.74) is 0.726. The number of aliphatic hydroxyl groups is 1. The van der Waals surface area contributed by atoms with Gasteiger partial charge < -0.3 is 5.11 Å². The Kier molecular flexibility index (Phi) is 2.87. The predicted molar refractivity (Wildman–Crippen MR) is 65.4 cm³/mol. The van der Waals surface area contributed by atoms with Crippen molar-refractivity contribution in [1.82, 2.24) is 0 Å². The summed E-state index contributed by atoms with van der Waals surface area (Å²) >= 11 is 6.01. The maximum atomic E-state index is 13.1. The molecule has 92 valence electrons. The quantitative estimate of drug-likeness (QED) is 0.876. The van der Waals surface area contributed by atoms with Crippen LogP contribution in [0.3, 0.4) is 0 Å². The van der Waals surface area contributed by atoms with Crippen LogP contribution >= 0.6 is 11.6 Å². The molecule has 0 saturated heterocycles. The lowest BCUT2D eigenvalue weighted by molar-refractivity contribution is 0.135. The van der Waals surface area contributed by atoms with Gasteiger partial charge in [0, 0.05) is 11.4 Å². The predicted octanol–water partition coefficient (Wildman–Crippen LogP) is 3.43. The monoisotopic (exact) mass is 254 g/mol. The zero-order valence-corrected chi connectivity index (χ0v) is 10.3. The molecule has 0 radical (unpaired) electrons. The van der Waals surface area contributed by atoms with Gasteiger partial charge in [0.1, 0.15) is 5.82 Å². The molecule has 17 heavy (non-hydrogen) atoms. The highest BCUT2D eigenvalue weighted by atomic mass is 35.5. The molecule has 2 aliphatic rings. The molecule has 0 bridgehead atoms. The fourth-order valence-corrected chi connectivity index (χ4v) is 3.70. The highest BCUT2D eigenvalue weighted by Gasteiger charge is 2.55. The molecular weight excluding hydrogens is 239 g/mol. The van der Waals surface area contributed by atoms with Crippen molar-refractivity contribution in [3.05, 3.63) is 34.6 Å². The number of benzene rings is 1. The van der Waals surface area contributed by atoms with Crippen molar-refractivity contribution in [3.8, 4) is 0 Å². The van der Waals surface area contributed by atoms with E-state index in [-0.39, 0.29) is 11.9 Å². The Hall–Kier alpha value is -0.600. The van der Waals surface area contributed by atoms with Crippen LogP contribution in [-0.2, 0) is 6.42 Å². The highest BCUT2D eigenvalue weighted by Crippen LogP contribution is 2.59. The highest BCUT2D eigenvalue weighted by molar-refractivity contribution is 6.31. The summed E-state index contributed by atoms with van der Waals surface area (Å²) in [4.78, 5) is 0. The van der Waals surface area contributed by atoms with Crippen LogP contribution in [0.4, 0.5) is 4.39 Å². The minimum absolute atomic E-state index is 0.285. The molecule has 0 amide bonds. The Morgan fingerprint density at radius 3 is 2.76 bits per heavy atom. The van der Waals surface area contributed by atoms with E-state index in [0.29, 0.717) is 17.4 Å². The number of halogens is 2. The lowest BCUT2D eigenvalue weighted by Gasteiger charge is -2.13. The minimum Gasteiger partial charge on any atom is -0.392 e. The number of hydrogen-bond acceptors (Lipinski definition) is 1. The molecule has 2 fully saturated rings. The molecule has 1 aromatic carbocycles. The molecule has 3 atom stereocenters. The van der Waals surface area contributed by atoms with E-state index in [1.54, 1.807) is 6.07 Å². The van der Waals surface area contributed by atoms with Crippen LogP contribution in [-0.4, -0.2) is 11.2 Å². The molecule has 2 saturated carbocycles. The largest absolute Gasteiger partial charge is 0.392 e. The summed E-state index contributed by atoms with van der Waals surface area (Å²) in [5, 5.41) is 10.7. The third-order valence-electron chi connectivity index (χ3n) is 4.35. The van der Waals surface area contributed by atoms with Crippen LogP contribution in [0.2, 0.25) is 5.02 Å². The summed E-state index contributed by atoms with van der Waals surface area (Å²) in [7, 11) is 0. The lowest BCUT2D eigenvalue weighted by atomic mass is 9.99. The van der Waals surface area contributed by atoms with E-state index >= 15 is 0 Å². The first-order chi connectivity index (χ1) is 8.16. The summed E-state index contributed by atoms with van der Waals surface area (Å²) in [6, 6.07) is 4.35. The van der Waals surface area contributed by atoms with Gasteiger partial charge in [-0.25, -0.2) is 4.39 Å². The van der Waals surface area contributed by atoms with Crippen LogP contribution < -0.4 is 0 Å². The van der Waals surface area contributed by atoms with Gasteiger partial charge in [-0.3, -0.25) is 0 Å². The zero-order valence-electron chi connectivity index (χ0n) is 9.57. The van der Waals surface area contributed by atoms with Gasteiger partial charge in [0.25, 0.3) is 0 Å². The van der Waals surface area contributed by atoms with E-state index in [0.717, 1.165) is 17.4 Å². The molecule has 1 aromatic rings. The van der Waals surface area contributed by atoms with Crippen molar-refractivity contribution < 1.29 is 9.50 Å². The second-order valence-corrected chi connectivity index (χ2v) is 5.75. The summed E-state index contributed by atoms with van der Waals surface area (Å²) < 4.78 is 13.1. The Morgan fingerprint density at radius 2 is 2.06 bits per heavy atom. The Labute approximate surface area is 106 Å². The van der Waals surface area contributed by atoms with Crippen LogP contribution in [0.15, 0.2) is 18.2 Å². The van der Waals surface area contributed by atoms with Gasteiger partial charge in [0.15, 0.2) is 0 Å². The number of hydrogen-bond donors (Lipinski definition) is 1. The van der Waals surface area contributed by atoms with E-state index in [1.807, 2.05) is 0 Å². The first-order valence-corrected chi connectivity index (χ1v) is 6.66. The first-order valence-electron chi connectivity index (χ1n) is 6.29. The normalized spacial score (nSPS) is 32.3. The fourth-order valence-electron chi connectivity index (χ4n) is 3.51. The van der Waals surface area contributed by atoms with Crippen molar-refractivity contribution in [3.63, 3.8) is 0 Å². The maximum Gasteiger partial charge on any atom is 0.123 e. The fraction of sp³-hybridized carbons (Fsp3) is 0.571. The maximum absolute atomic E-state index is 13.1. The van der Waals surface area contributed by atoms with Crippen LogP contribution in [0, 0.1) is 23.6 Å². The minimum atomic E-state index is -0.357. The van der Waals surface area contributed by atoms with Crippen molar-refractivity contribution in [2.45, 2.75) is 31.8 Å². The third kappa shape index (κ3) is 2.09. The number of aliphatic hydroxyl groups excluding tert-OH is 1. The van der Waals surface area contributed by atoms with Gasteiger partial charge >= 0.3 is 0 Å². The Balaban J connectivity index is 1.68. The van der Waals surface area contributed by atoms with Crippen molar-refractivity contribution >= 4 is 11.6 Å². The second-order valence-electron chi connectivity index (χ2n) is 5.34. The molecule has 2 aliphatic carbocycles. The Morgan fingerprint density at radius 1 is 1.35 bits per heavy atom. The molecule has 3 rings (SSSR count). The topological polar surface area (TPSA) is 20.2 Å². The molecule has 1 N–H and O–H groups in total. The van der Waals surface area contributed by atoms with Crippen LogP contribution in [0.1, 0.15) is 24.8 Å². The van der Waals surface area contributed by atoms with E-state index < -0.39 is 0 Å². The molecule has 0 spiro atoms. The molecule has 1 nitrogen and oxygen atoms in total. The summed E-state index contributed by atoms with van der Waals surface area (Å²) in [6.45, 7) is 0. The van der Waals surface area contributed by atoms with Gasteiger partial charge in [-0.05, 0) is 54.4 Å². The number of fused-ring (bicyclic) bond motifs is 1.